The van der Waals surface area contributed by atoms with Crippen LogP contribution in [0.2, 0.25) is 0 Å². The zero-order chi connectivity index (χ0) is 14.9. The Bertz CT molecular complexity index is 565. The minimum atomic E-state index is -1.17. The number of anilines is 1. The van der Waals surface area contributed by atoms with Gasteiger partial charge in [0.2, 0.25) is 5.91 Å². The van der Waals surface area contributed by atoms with Gasteiger partial charge in [0.15, 0.2) is 16.7 Å². The molecular formula is C13H13F2NO3S. The molecule has 1 N–H and O–H groups in total. The van der Waals surface area contributed by atoms with Crippen LogP contribution in [0, 0.1) is 17.6 Å². The fourth-order valence-corrected chi connectivity index (χ4v) is 2.80. The number of phenols is 1. The molecule has 0 saturated carbocycles. The minimum Gasteiger partial charge on any atom is -0.506 e. The lowest BCUT2D eigenvalue weighted by atomic mass is 10.1. The number of benzene rings is 1. The second-order valence-electron chi connectivity index (χ2n) is 4.63. The fourth-order valence-electron chi connectivity index (χ4n) is 2.10. The molecule has 1 unspecified atom stereocenters. The molecule has 1 fully saturated rings. The predicted molar refractivity (Wildman–Crippen MR) is 71.6 cm³/mol. The second-order valence-corrected chi connectivity index (χ2v) is 5.83. The number of hydrogen-bond acceptors (Lipinski definition) is 4. The molecule has 1 aliphatic rings. The maximum absolute atomic E-state index is 13.2. The van der Waals surface area contributed by atoms with Crippen LogP contribution in [0.25, 0.3) is 0 Å². The monoisotopic (exact) mass is 301 g/mol. The molecule has 1 aromatic rings. The van der Waals surface area contributed by atoms with Gasteiger partial charge in [-0.25, -0.2) is 8.78 Å². The highest BCUT2D eigenvalue weighted by Gasteiger charge is 2.32. The van der Waals surface area contributed by atoms with Gasteiger partial charge in [-0.2, -0.15) is 0 Å². The van der Waals surface area contributed by atoms with Gasteiger partial charge < -0.3 is 10.0 Å². The number of nitrogens with zero attached hydrogens (tertiary/aromatic N) is 1. The van der Waals surface area contributed by atoms with Crippen molar-refractivity contribution in [2.75, 3.05) is 17.2 Å². The number of halogens is 2. The van der Waals surface area contributed by atoms with E-state index in [4.69, 9.17) is 0 Å². The number of carbonyl (C=O) groups excluding carboxylic acids is 2. The van der Waals surface area contributed by atoms with E-state index in [9.17, 15) is 23.5 Å². The summed E-state index contributed by atoms with van der Waals surface area (Å²) >= 11 is 1.12. The van der Waals surface area contributed by atoms with Crippen LogP contribution in [0.1, 0.15) is 13.3 Å². The molecule has 2 rings (SSSR count). The van der Waals surface area contributed by atoms with E-state index in [2.05, 4.69) is 0 Å². The molecule has 1 aromatic carbocycles. The zero-order valence-electron chi connectivity index (χ0n) is 10.7. The maximum Gasteiger partial charge on any atom is 0.227 e. The molecule has 20 heavy (non-hydrogen) atoms. The van der Waals surface area contributed by atoms with E-state index < -0.39 is 17.4 Å². The first kappa shape index (κ1) is 14.8. The Labute approximate surface area is 118 Å². The SMILES string of the molecule is CC(=O)SCC1CC(=O)N(c2cc(F)c(F)cc2O)C1. The van der Waals surface area contributed by atoms with Crippen LogP contribution >= 0.6 is 11.8 Å². The van der Waals surface area contributed by atoms with E-state index in [-0.39, 0.29) is 35.6 Å². The summed E-state index contributed by atoms with van der Waals surface area (Å²) < 4.78 is 26.2. The first-order chi connectivity index (χ1) is 9.38. The van der Waals surface area contributed by atoms with Gasteiger partial charge in [-0.3, -0.25) is 9.59 Å². The molecule has 1 saturated heterocycles. The molecule has 0 aliphatic carbocycles. The first-order valence-electron chi connectivity index (χ1n) is 6.00. The number of phenolic OH excluding ortho intramolecular Hbond substituents is 1. The molecule has 108 valence electrons. The summed E-state index contributed by atoms with van der Waals surface area (Å²) in [6, 6.07) is 1.46. The van der Waals surface area contributed by atoms with Gasteiger partial charge in [0.25, 0.3) is 0 Å². The third-order valence-corrected chi connectivity index (χ3v) is 4.08. The minimum absolute atomic E-state index is 0.0356. The van der Waals surface area contributed by atoms with Crippen LogP contribution in [0.3, 0.4) is 0 Å². The fraction of sp³-hybridized carbons (Fsp3) is 0.385. The molecular weight excluding hydrogens is 288 g/mol. The number of aromatic hydroxyl groups is 1. The van der Waals surface area contributed by atoms with Crippen LogP contribution < -0.4 is 4.90 Å². The van der Waals surface area contributed by atoms with Crippen molar-refractivity contribution in [1.82, 2.24) is 0 Å². The van der Waals surface area contributed by atoms with Crippen molar-refractivity contribution >= 4 is 28.5 Å². The standard InChI is InChI=1S/C13H13F2NO3S/c1-7(17)20-6-8-2-13(19)16(5-8)11-3-9(14)10(15)4-12(11)18/h3-4,8,18H,2,5-6H2,1H3. The van der Waals surface area contributed by atoms with Crippen LogP contribution in [-0.2, 0) is 9.59 Å². The van der Waals surface area contributed by atoms with E-state index in [1.807, 2.05) is 0 Å². The molecule has 0 bridgehead atoms. The van der Waals surface area contributed by atoms with Crippen molar-refractivity contribution in [3.05, 3.63) is 23.8 Å². The van der Waals surface area contributed by atoms with Gasteiger partial charge in [0.05, 0.1) is 5.69 Å². The first-order valence-corrected chi connectivity index (χ1v) is 6.98. The Balaban J connectivity index is 2.16. The number of carbonyl (C=O) groups is 2. The topological polar surface area (TPSA) is 57.6 Å². The zero-order valence-corrected chi connectivity index (χ0v) is 11.5. The van der Waals surface area contributed by atoms with Crippen molar-refractivity contribution in [2.24, 2.45) is 5.92 Å². The Morgan fingerprint density at radius 3 is 2.75 bits per heavy atom. The Morgan fingerprint density at radius 1 is 1.45 bits per heavy atom. The predicted octanol–water partition coefficient (Wildman–Crippen LogP) is 2.30. The smallest absolute Gasteiger partial charge is 0.227 e. The van der Waals surface area contributed by atoms with Crippen molar-refractivity contribution in [2.45, 2.75) is 13.3 Å². The molecule has 1 amide bonds. The third-order valence-electron chi connectivity index (χ3n) is 3.04. The molecule has 0 radical (unpaired) electrons. The van der Waals surface area contributed by atoms with Gasteiger partial charge in [-0.1, -0.05) is 11.8 Å². The molecule has 0 aromatic heterocycles. The largest absolute Gasteiger partial charge is 0.506 e. The average molecular weight is 301 g/mol. The van der Waals surface area contributed by atoms with Crippen LogP contribution in [-0.4, -0.2) is 28.4 Å². The summed E-state index contributed by atoms with van der Waals surface area (Å²) in [5.41, 5.74) is -0.0378. The lowest BCUT2D eigenvalue weighted by Gasteiger charge is -2.18. The van der Waals surface area contributed by atoms with E-state index in [0.717, 1.165) is 17.8 Å². The summed E-state index contributed by atoms with van der Waals surface area (Å²) in [5, 5.41) is 9.60. The van der Waals surface area contributed by atoms with Gasteiger partial charge in [0, 0.05) is 37.8 Å². The Morgan fingerprint density at radius 2 is 2.10 bits per heavy atom. The van der Waals surface area contributed by atoms with Crippen LogP contribution in [0.15, 0.2) is 12.1 Å². The van der Waals surface area contributed by atoms with Crippen molar-refractivity contribution in [3.63, 3.8) is 0 Å². The summed E-state index contributed by atoms with van der Waals surface area (Å²) in [6.45, 7) is 1.72. The van der Waals surface area contributed by atoms with Gasteiger partial charge in [-0.15, -0.1) is 0 Å². The van der Waals surface area contributed by atoms with E-state index in [1.165, 1.54) is 11.8 Å². The molecule has 1 heterocycles. The molecule has 0 spiro atoms. The van der Waals surface area contributed by atoms with Crippen LogP contribution in [0.4, 0.5) is 14.5 Å². The highest BCUT2D eigenvalue weighted by atomic mass is 32.2. The molecule has 1 atom stereocenters. The van der Waals surface area contributed by atoms with Gasteiger partial charge in [0.1, 0.15) is 5.75 Å². The Kier molecular flexibility index (Phi) is 4.27. The number of thioether (sulfide) groups is 1. The summed E-state index contributed by atoms with van der Waals surface area (Å²) in [4.78, 5) is 24.0. The normalized spacial score (nSPS) is 18.6. The molecule has 1 aliphatic heterocycles. The molecule has 7 heteroatoms. The van der Waals surface area contributed by atoms with E-state index >= 15 is 0 Å². The van der Waals surface area contributed by atoms with Crippen LogP contribution in [0.5, 0.6) is 5.75 Å². The average Bonchev–Trinajstić information content (AvgIpc) is 2.72. The lowest BCUT2D eigenvalue weighted by molar-refractivity contribution is -0.117. The maximum atomic E-state index is 13.2. The Hall–Kier alpha value is -1.63. The lowest BCUT2D eigenvalue weighted by Crippen LogP contribution is -2.25. The highest BCUT2D eigenvalue weighted by Crippen LogP contribution is 2.34. The summed E-state index contributed by atoms with van der Waals surface area (Å²) in [5.74, 6) is -2.60. The highest BCUT2D eigenvalue weighted by molar-refractivity contribution is 8.13. The molecule has 4 nitrogen and oxygen atoms in total. The van der Waals surface area contributed by atoms with Crippen molar-refractivity contribution in [3.8, 4) is 5.75 Å². The quantitative estimate of drug-likeness (QED) is 0.930. The number of amides is 1. The number of hydrogen-bond donors (Lipinski definition) is 1. The van der Waals surface area contributed by atoms with Gasteiger partial charge >= 0.3 is 0 Å². The third kappa shape index (κ3) is 3.09. The summed E-state index contributed by atoms with van der Waals surface area (Å²) in [6.07, 6.45) is 0.221. The van der Waals surface area contributed by atoms with Gasteiger partial charge in [-0.05, 0) is 5.92 Å². The van der Waals surface area contributed by atoms with Crippen molar-refractivity contribution < 1.29 is 23.5 Å². The number of rotatable bonds is 3. The van der Waals surface area contributed by atoms with E-state index in [0.29, 0.717) is 11.8 Å². The summed E-state index contributed by atoms with van der Waals surface area (Å²) in [7, 11) is 0. The van der Waals surface area contributed by atoms with Crippen molar-refractivity contribution in [1.29, 1.82) is 0 Å². The van der Waals surface area contributed by atoms with E-state index in [1.54, 1.807) is 0 Å². The second kappa shape index (κ2) is 5.78.